The SMILES string of the molecule is Cc1nc(-c2ccnc(-c3cn4ccncc4n3)c2)no1. The highest BCUT2D eigenvalue weighted by atomic mass is 16.5. The van der Waals surface area contributed by atoms with Gasteiger partial charge in [-0.05, 0) is 12.1 Å². The van der Waals surface area contributed by atoms with E-state index in [4.69, 9.17) is 4.52 Å². The molecular formula is C14H10N6O. The molecule has 0 amide bonds. The lowest BCUT2D eigenvalue weighted by molar-refractivity contribution is 0.394. The minimum Gasteiger partial charge on any atom is -0.339 e. The largest absolute Gasteiger partial charge is 0.339 e. The van der Waals surface area contributed by atoms with E-state index in [-0.39, 0.29) is 0 Å². The summed E-state index contributed by atoms with van der Waals surface area (Å²) in [4.78, 5) is 17.1. The van der Waals surface area contributed by atoms with Gasteiger partial charge in [-0.3, -0.25) is 9.97 Å². The van der Waals surface area contributed by atoms with Crippen LogP contribution in [0.4, 0.5) is 0 Å². The predicted octanol–water partition coefficient (Wildman–Crippen LogP) is 2.15. The van der Waals surface area contributed by atoms with Crippen molar-refractivity contribution in [2.45, 2.75) is 6.92 Å². The van der Waals surface area contributed by atoms with E-state index in [9.17, 15) is 0 Å². The molecule has 4 aromatic heterocycles. The van der Waals surface area contributed by atoms with Gasteiger partial charge in [0.25, 0.3) is 0 Å². The van der Waals surface area contributed by atoms with Gasteiger partial charge in [-0.1, -0.05) is 5.16 Å². The normalized spacial score (nSPS) is 11.1. The van der Waals surface area contributed by atoms with Gasteiger partial charge < -0.3 is 8.92 Å². The molecule has 0 bridgehead atoms. The lowest BCUT2D eigenvalue weighted by atomic mass is 10.2. The van der Waals surface area contributed by atoms with Crippen LogP contribution in [-0.2, 0) is 0 Å². The Kier molecular flexibility index (Phi) is 2.50. The second-order valence-electron chi connectivity index (χ2n) is 4.53. The van der Waals surface area contributed by atoms with Gasteiger partial charge in [-0.2, -0.15) is 4.98 Å². The van der Waals surface area contributed by atoms with Crippen LogP contribution in [0, 0.1) is 6.92 Å². The fourth-order valence-electron chi connectivity index (χ4n) is 2.09. The first-order valence-corrected chi connectivity index (χ1v) is 6.35. The van der Waals surface area contributed by atoms with E-state index >= 15 is 0 Å². The molecule has 0 spiro atoms. The molecule has 4 rings (SSSR count). The molecule has 0 aliphatic rings. The van der Waals surface area contributed by atoms with Crippen molar-refractivity contribution in [2.24, 2.45) is 0 Å². The van der Waals surface area contributed by atoms with Crippen molar-refractivity contribution in [3.63, 3.8) is 0 Å². The summed E-state index contributed by atoms with van der Waals surface area (Å²) in [6, 6.07) is 3.73. The van der Waals surface area contributed by atoms with E-state index < -0.39 is 0 Å². The Labute approximate surface area is 119 Å². The van der Waals surface area contributed by atoms with Gasteiger partial charge in [0.15, 0.2) is 5.65 Å². The molecule has 7 nitrogen and oxygen atoms in total. The van der Waals surface area contributed by atoms with E-state index in [2.05, 4.69) is 25.1 Å². The molecule has 0 aliphatic heterocycles. The Morgan fingerprint density at radius 1 is 1.14 bits per heavy atom. The molecule has 0 unspecified atom stereocenters. The summed E-state index contributed by atoms with van der Waals surface area (Å²) in [7, 11) is 0. The molecule has 7 heteroatoms. The smallest absolute Gasteiger partial charge is 0.223 e. The molecule has 0 atom stereocenters. The zero-order valence-corrected chi connectivity index (χ0v) is 11.1. The number of hydrogen-bond acceptors (Lipinski definition) is 6. The van der Waals surface area contributed by atoms with Gasteiger partial charge in [0.05, 0.1) is 11.9 Å². The molecule has 0 N–H and O–H groups in total. The first-order chi connectivity index (χ1) is 10.3. The van der Waals surface area contributed by atoms with Gasteiger partial charge in [-0.25, -0.2) is 4.98 Å². The zero-order chi connectivity index (χ0) is 14.2. The minimum atomic E-state index is 0.530. The summed E-state index contributed by atoms with van der Waals surface area (Å²) >= 11 is 0. The maximum absolute atomic E-state index is 5.00. The Balaban J connectivity index is 1.81. The molecule has 4 heterocycles. The number of aromatic nitrogens is 6. The van der Waals surface area contributed by atoms with Crippen LogP contribution in [-0.4, -0.2) is 29.5 Å². The second-order valence-corrected chi connectivity index (χ2v) is 4.53. The Morgan fingerprint density at radius 3 is 2.90 bits per heavy atom. The first-order valence-electron chi connectivity index (χ1n) is 6.35. The Morgan fingerprint density at radius 2 is 2.10 bits per heavy atom. The highest BCUT2D eigenvalue weighted by Crippen LogP contribution is 2.22. The van der Waals surface area contributed by atoms with Crippen LogP contribution in [0.1, 0.15) is 5.89 Å². The van der Waals surface area contributed by atoms with E-state index in [0.717, 1.165) is 22.6 Å². The number of rotatable bonds is 2. The van der Waals surface area contributed by atoms with Crippen LogP contribution in [0.25, 0.3) is 28.4 Å². The maximum Gasteiger partial charge on any atom is 0.223 e. The van der Waals surface area contributed by atoms with Crippen LogP contribution in [0.2, 0.25) is 0 Å². The molecule has 0 saturated heterocycles. The van der Waals surface area contributed by atoms with Crippen molar-refractivity contribution in [2.75, 3.05) is 0 Å². The standard InChI is InChI=1S/C14H10N6O/c1-9-17-14(19-21-9)10-2-3-16-11(6-10)12-8-20-5-4-15-7-13(20)18-12/h2-8H,1H3. The van der Waals surface area contributed by atoms with Gasteiger partial charge in [0.2, 0.25) is 11.7 Å². The summed E-state index contributed by atoms with van der Waals surface area (Å²) in [5.74, 6) is 1.07. The van der Waals surface area contributed by atoms with E-state index in [1.165, 1.54) is 0 Å². The topological polar surface area (TPSA) is 82.0 Å². The van der Waals surface area contributed by atoms with Gasteiger partial charge in [0, 0.05) is 37.3 Å². The zero-order valence-electron chi connectivity index (χ0n) is 11.1. The van der Waals surface area contributed by atoms with Crippen molar-refractivity contribution in [1.29, 1.82) is 0 Å². The number of nitrogens with zero attached hydrogens (tertiary/aromatic N) is 6. The molecule has 21 heavy (non-hydrogen) atoms. The third-order valence-electron chi connectivity index (χ3n) is 3.07. The van der Waals surface area contributed by atoms with E-state index in [1.54, 1.807) is 25.5 Å². The van der Waals surface area contributed by atoms with Crippen LogP contribution in [0.5, 0.6) is 0 Å². The average molecular weight is 278 g/mol. The number of fused-ring (bicyclic) bond motifs is 1. The number of imidazole rings is 1. The summed E-state index contributed by atoms with van der Waals surface area (Å²) < 4.78 is 6.90. The summed E-state index contributed by atoms with van der Waals surface area (Å²) in [5.41, 5.74) is 3.13. The highest BCUT2D eigenvalue weighted by Gasteiger charge is 2.10. The summed E-state index contributed by atoms with van der Waals surface area (Å²) in [6.45, 7) is 1.76. The van der Waals surface area contributed by atoms with Crippen LogP contribution >= 0.6 is 0 Å². The first kappa shape index (κ1) is 11.7. The molecule has 0 saturated carbocycles. The van der Waals surface area contributed by atoms with Crippen molar-refractivity contribution in [3.05, 3.63) is 49.0 Å². The number of aryl methyl sites for hydroxylation is 1. The fourth-order valence-corrected chi connectivity index (χ4v) is 2.09. The quantitative estimate of drug-likeness (QED) is 0.558. The molecule has 0 fully saturated rings. The Bertz CT molecular complexity index is 893. The van der Waals surface area contributed by atoms with Crippen molar-refractivity contribution >= 4 is 5.65 Å². The molecule has 4 aromatic rings. The number of pyridine rings is 1. The fraction of sp³-hybridized carbons (Fsp3) is 0.0714. The van der Waals surface area contributed by atoms with Crippen LogP contribution in [0.3, 0.4) is 0 Å². The predicted molar refractivity (Wildman–Crippen MR) is 74.2 cm³/mol. The molecule has 0 aliphatic carbocycles. The summed E-state index contributed by atoms with van der Waals surface area (Å²) in [6.07, 6.45) is 8.88. The minimum absolute atomic E-state index is 0.530. The van der Waals surface area contributed by atoms with Crippen LogP contribution < -0.4 is 0 Å². The maximum atomic E-state index is 5.00. The molecule has 0 aromatic carbocycles. The van der Waals surface area contributed by atoms with Crippen molar-refractivity contribution in [3.8, 4) is 22.8 Å². The average Bonchev–Trinajstić information content (AvgIpc) is 3.13. The third-order valence-corrected chi connectivity index (χ3v) is 3.07. The van der Waals surface area contributed by atoms with Crippen LogP contribution in [0.15, 0.2) is 47.6 Å². The van der Waals surface area contributed by atoms with Gasteiger partial charge in [-0.15, -0.1) is 0 Å². The Hall–Kier alpha value is -3.09. The van der Waals surface area contributed by atoms with Crippen molar-refractivity contribution < 1.29 is 4.52 Å². The molecular weight excluding hydrogens is 268 g/mol. The molecule has 102 valence electrons. The van der Waals surface area contributed by atoms with Gasteiger partial charge in [0.1, 0.15) is 5.69 Å². The van der Waals surface area contributed by atoms with E-state index in [1.807, 2.05) is 28.9 Å². The molecule has 0 radical (unpaired) electrons. The van der Waals surface area contributed by atoms with E-state index in [0.29, 0.717) is 11.7 Å². The van der Waals surface area contributed by atoms with Gasteiger partial charge >= 0.3 is 0 Å². The highest BCUT2D eigenvalue weighted by molar-refractivity contribution is 5.65. The second kappa shape index (κ2) is 4.48. The number of hydrogen-bond donors (Lipinski definition) is 0. The lowest BCUT2D eigenvalue weighted by Gasteiger charge is -1.97. The monoisotopic (exact) mass is 278 g/mol. The summed E-state index contributed by atoms with van der Waals surface area (Å²) in [5, 5.41) is 3.91. The third kappa shape index (κ3) is 2.04. The lowest BCUT2D eigenvalue weighted by Crippen LogP contribution is -1.87. The van der Waals surface area contributed by atoms with Crippen molar-refractivity contribution in [1.82, 2.24) is 29.5 Å².